The molecule has 2 N–H and O–H groups in total. The van der Waals surface area contributed by atoms with Crippen molar-refractivity contribution in [2.24, 2.45) is 5.92 Å². The number of fused-ring (bicyclic) bond motifs is 6. The number of carbonyl (C=O) groups is 2. The number of hydrogen-bond donors (Lipinski definition) is 2. The molecule has 172 valence electrons. The third-order valence-electron chi connectivity index (χ3n) is 8.64. The fourth-order valence-corrected chi connectivity index (χ4v) is 8.96. The maximum Gasteiger partial charge on any atom is 0.260 e. The van der Waals surface area contributed by atoms with Gasteiger partial charge in [0.15, 0.2) is 4.87 Å². The number of ether oxygens (including phenoxy) is 1. The number of rotatable bonds is 0. The zero-order valence-electron chi connectivity index (χ0n) is 19.2. The van der Waals surface area contributed by atoms with Gasteiger partial charge in [0.05, 0.1) is 11.2 Å². The molecule has 8 heteroatoms. The number of nitrogens with one attached hydrogen (secondary N) is 1. The Morgan fingerprint density at radius 2 is 2.00 bits per heavy atom. The summed E-state index contributed by atoms with van der Waals surface area (Å²) < 4.78 is 7.47. The summed E-state index contributed by atoms with van der Waals surface area (Å²) in [5, 5.41) is 15.6. The van der Waals surface area contributed by atoms with Crippen molar-refractivity contribution in [2.45, 2.75) is 73.3 Å². The zero-order valence-corrected chi connectivity index (χ0v) is 20.0. The van der Waals surface area contributed by atoms with E-state index in [-0.39, 0.29) is 17.7 Å². The zero-order chi connectivity index (χ0) is 23.1. The van der Waals surface area contributed by atoms with Gasteiger partial charge in [-0.2, -0.15) is 4.73 Å². The SMILES string of the molecule is CC1(C)C=Cc2c(ccc3c4c(n(O)c23)C(C)(C)C2CC35CCCN3C(=O)[C@]2(NC5=O)S4)O1. The van der Waals surface area contributed by atoms with E-state index >= 15 is 0 Å². The molecule has 6 aliphatic heterocycles. The smallest absolute Gasteiger partial charge is 0.260 e. The topological polar surface area (TPSA) is 83.8 Å². The molecule has 4 saturated heterocycles. The van der Waals surface area contributed by atoms with Crippen LogP contribution in [0.15, 0.2) is 23.1 Å². The molecule has 0 radical (unpaired) electrons. The van der Waals surface area contributed by atoms with E-state index in [2.05, 4.69) is 19.2 Å². The van der Waals surface area contributed by atoms with Gasteiger partial charge in [-0.15, -0.1) is 0 Å². The van der Waals surface area contributed by atoms with Gasteiger partial charge in [0.2, 0.25) is 5.91 Å². The normalized spacial score (nSPS) is 34.4. The van der Waals surface area contributed by atoms with E-state index in [1.54, 1.807) is 0 Å². The highest BCUT2D eigenvalue weighted by Crippen LogP contribution is 2.65. The number of nitrogens with zero attached hydrogens (tertiary/aromatic N) is 2. The molecule has 2 amide bonds. The molecular weight excluding hydrogens is 438 g/mol. The number of piperidine rings is 2. The van der Waals surface area contributed by atoms with Crippen LogP contribution in [0.3, 0.4) is 0 Å². The summed E-state index contributed by atoms with van der Waals surface area (Å²) in [6.07, 6.45) is 6.19. The highest BCUT2D eigenvalue weighted by atomic mass is 32.2. The van der Waals surface area contributed by atoms with Gasteiger partial charge in [-0.05, 0) is 57.4 Å². The molecule has 4 fully saturated rings. The molecule has 0 aliphatic carbocycles. The second-order valence-electron chi connectivity index (χ2n) is 11.3. The number of aromatic nitrogens is 1. The van der Waals surface area contributed by atoms with E-state index in [4.69, 9.17) is 4.74 Å². The summed E-state index contributed by atoms with van der Waals surface area (Å²) in [4.78, 5) is 28.9. The van der Waals surface area contributed by atoms with Gasteiger partial charge in [-0.25, -0.2) is 0 Å². The third kappa shape index (κ3) is 2.06. The number of benzene rings is 1. The van der Waals surface area contributed by atoms with Crippen LogP contribution in [0.4, 0.5) is 0 Å². The molecule has 2 unspecified atom stereocenters. The van der Waals surface area contributed by atoms with Gasteiger partial charge in [-0.3, -0.25) is 9.59 Å². The lowest BCUT2D eigenvalue weighted by Crippen LogP contribution is -2.82. The number of amides is 2. The Bertz CT molecular complexity index is 1340. The summed E-state index contributed by atoms with van der Waals surface area (Å²) in [5.74, 6) is 0.592. The van der Waals surface area contributed by atoms with Crippen LogP contribution in [0.2, 0.25) is 0 Å². The lowest BCUT2D eigenvalue weighted by molar-refractivity contribution is -0.170. The van der Waals surface area contributed by atoms with Gasteiger partial charge in [0.25, 0.3) is 5.91 Å². The van der Waals surface area contributed by atoms with Crippen molar-refractivity contribution in [1.82, 2.24) is 14.9 Å². The highest BCUT2D eigenvalue weighted by molar-refractivity contribution is 8.01. The second-order valence-corrected chi connectivity index (χ2v) is 12.5. The number of carbonyl (C=O) groups excluding carboxylic acids is 2. The Labute approximate surface area is 196 Å². The maximum absolute atomic E-state index is 13.9. The minimum absolute atomic E-state index is 0.0151. The molecule has 1 aromatic heterocycles. The van der Waals surface area contributed by atoms with Crippen LogP contribution in [0.25, 0.3) is 17.0 Å². The van der Waals surface area contributed by atoms with Gasteiger partial charge in [-0.1, -0.05) is 25.6 Å². The Kier molecular flexibility index (Phi) is 3.33. The average molecular weight is 466 g/mol. The minimum Gasteiger partial charge on any atom is -0.483 e. The van der Waals surface area contributed by atoms with Crippen LogP contribution >= 0.6 is 11.8 Å². The maximum atomic E-state index is 13.9. The minimum atomic E-state index is -1.04. The van der Waals surface area contributed by atoms with Crippen molar-refractivity contribution in [3.05, 3.63) is 29.5 Å². The van der Waals surface area contributed by atoms with E-state index in [0.717, 1.165) is 33.7 Å². The van der Waals surface area contributed by atoms with Crippen molar-refractivity contribution < 1.29 is 19.5 Å². The Morgan fingerprint density at radius 3 is 2.79 bits per heavy atom. The Morgan fingerprint density at radius 1 is 1.21 bits per heavy atom. The first kappa shape index (κ1) is 19.8. The lowest BCUT2D eigenvalue weighted by Gasteiger charge is -2.63. The fraction of sp³-hybridized carbons (Fsp3) is 0.520. The molecule has 7 nitrogen and oxygen atoms in total. The lowest BCUT2D eigenvalue weighted by atomic mass is 9.61. The molecule has 2 bridgehead atoms. The summed E-state index contributed by atoms with van der Waals surface area (Å²) in [5.41, 5.74) is 0.625. The van der Waals surface area contributed by atoms with E-state index in [9.17, 15) is 14.8 Å². The largest absolute Gasteiger partial charge is 0.483 e. The summed E-state index contributed by atoms with van der Waals surface area (Å²) in [6, 6.07) is 3.90. The summed E-state index contributed by atoms with van der Waals surface area (Å²) in [7, 11) is 0. The van der Waals surface area contributed by atoms with Crippen molar-refractivity contribution >= 4 is 40.6 Å². The molecular formula is C25H27N3O4S. The van der Waals surface area contributed by atoms with E-state index < -0.39 is 21.4 Å². The predicted octanol–water partition coefficient (Wildman–Crippen LogP) is 3.65. The molecule has 3 atom stereocenters. The molecule has 6 aliphatic rings. The quantitative estimate of drug-likeness (QED) is 0.581. The van der Waals surface area contributed by atoms with Crippen LogP contribution in [0, 0.1) is 5.92 Å². The van der Waals surface area contributed by atoms with Crippen LogP contribution in [0.1, 0.15) is 58.2 Å². The number of hydrogen-bond acceptors (Lipinski definition) is 5. The first-order valence-electron chi connectivity index (χ1n) is 11.6. The van der Waals surface area contributed by atoms with Gasteiger partial charge in [0.1, 0.15) is 16.9 Å². The monoisotopic (exact) mass is 465 g/mol. The molecule has 0 saturated carbocycles. The average Bonchev–Trinajstić information content (AvgIpc) is 3.29. The molecule has 7 heterocycles. The number of thioether (sulfide) groups is 1. The van der Waals surface area contributed by atoms with E-state index in [0.29, 0.717) is 24.9 Å². The molecule has 2 aromatic rings. The molecule has 2 spiro atoms. The third-order valence-corrected chi connectivity index (χ3v) is 10.1. The van der Waals surface area contributed by atoms with Crippen molar-refractivity contribution in [3.63, 3.8) is 0 Å². The standard InChI is InChI=1S/C25H27N3O4S/c1-22(2)10-8-13-15(32-22)7-6-14-17(13)28(31)19-18(14)33-25-16(23(19,3)4)12-24(20(29)26-25)9-5-11-27(24)21(25)30/h6-8,10,16,31H,5,9,11-12H2,1-4H3,(H,26,29)/t16?,24?,25-/m1/s1. The molecule has 1 aromatic carbocycles. The molecule has 33 heavy (non-hydrogen) atoms. The van der Waals surface area contributed by atoms with E-state index in [1.165, 1.54) is 16.5 Å². The van der Waals surface area contributed by atoms with Gasteiger partial charge < -0.3 is 20.2 Å². The first-order valence-corrected chi connectivity index (χ1v) is 12.5. The van der Waals surface area contributed by atoms with Crippen LogP contribution in [-0.2, 0) is 15.0 Å². The van der Waals surface area contributed by atoms with Crippen molar-refractivity contribution in [2.75, 3.05) is 6.54 Å². The summed E-state index contributed by atoms with van der Waals surface area (Å²) in [6.45, 7) is 8.84. The second kappa shape index (κ2) is 5.54. The van der Waals surface area contributed by atoms with Gasteiger partial charge in [0, 0.05) is 33.7 Å². The van der Waals surface area contributed by atoms with E-state index in [1.807, 2.05) is 43.0 Å². The first-order chi connectivity index (χ1) is 15.5. The Balaban J connectivity index is 1.49. The van der Waals surface area contributed by atoms with Gasteiger partial charge >= 0.3 is 0 Å². The summed E-state index contributed by atoms with van der Waals surface area (Å²) >= 11 is 1.42. The molecule has 8 rings (SSSR count). The highest BCUT2D eigenvalue weighted by Gasteiger charge is 2.73. The van der Waals surface area contributed by atoms with Crippen LogP contribution in [-0.4, -0.2) is 49.2 Å². The van der Waals surface area contributed by atoms with Crippen LogP contribution < -0.4 is 10.1 Å². The predicted molar refractivity (Wildman–Crippen MR) is 124 cm³/mol. The van der Waals surface area contributed by atoms with Crippen LogP contribution in [0.5, 0.6) is 5.75 Å². The van der Waals surface area contributed by atoms with Crippen molar-refractivity contribution in [1.29, 1.82) is 0 Å². The number of piperazine rings is 1. The Hall–Kier alpha value is -2.61. The van der Waals surface area contributed by atoms with Crippen molar-refractivity contribution in [3.8, 4) is 5.75 Å². The fourth-order valence-electron chi connectivity index (χ4n) is 7.06.